The Kier molecular flexibility index (Phi) is 21.1. The van der Waals surface area contributed by atoms with Gasteiger partial charge in [-0.2, -0.15) is 0 Å². The van der Waals surface area contributed by atoms with E-state index in [0.29, 0.717) is 75.3 Å². The fourth-order valence-electron chi connectivity index (χ4n) is 12.2. The average molecular weight is 1290 g/mol. The zero-order valence-corrected chi connectivity index (χ0v) is 52.7. The molecule has 3 aliphatic heterocycles. The molecular weight excluding hydrogens is 1210 g/mol. The van der Waals surface area contributed by atoms with Crippen molar-refractivity contribution in [2.45, 2.75) is 129 Å². The van der Waals surface area contributed by atoms with Gasteiger partial charge in [-0.05, 0) is 109 Å². The van der Waals surface area contributed by atoms with Crippen molar-refractivity contribution >= 4 is 69.9 Å². The topological polar surface area (TPSA) is 330 Å². The number of alkyl carbamates (subject to hydrolysis) is 1. The van der Waals surface area contributed by atoms with Gasteiger partial charge in [0.1, 0.15) is 31.1 Å². The van der Waals surface area contributed by atoms with E-state index in [1.165, 1.54) is 10.6 Å². The highest BCUT2D eigenvalue weighted by molar-refractivity contribution is 5.99. The van der Waals surface area contributed by atoms with Crippen LogP contribution in [0.3, 0.4) is 0 Å². The lowest BCUT2D eigenvalue weighted by Crippen LogP contribution is -2.54. The fourth-order valence-corrected chi connectivity index (χ4v) is 12.2. The number of aliphatic hydroxyl groups is 1. The summed E-state index contributed by atoms with van der Waals surface area (Å²) >= 11 is 0. The molecule has 5 heterocycles. The van der Waals surface area contributed by atoms with Crippen LogP contribution in [-0.4, -0.2) is 114 Å². The molecule has 0 radical (unpaired) electrons. The summed E-state index contributed by atoms with van der Waals surface area (Å²) in [5, 5.41) is 28.6. The van der Waals surface area contributed by atoms with E-state index < -0.39 is 76.8 Å². The standard InChI is InChI=1S/C69H75FN10O14/c1-5-69(90)49-33-55-62-47(36-80(55)65(86)48(49)38-93-66(69)87)60-51(23-22-46-40(4)50(70)34-53(75-62)59(46)60)77-68(89)94-37-41-16-20-45(21-17-41)74-63(84)52(14-10-27-73-67(71)88)76-64(85)61(39(2)3)78-57(82)26-29-91-31-32-92-30-28-72-56(81)24-25-58(83)79-35-44-13-7-6-11-42(44)18-19-43-12-8-9-15-54(43)79/h6-9,11-13,15-17,20-21,33-34,39,51-52,61,90H,5,10,14,22-32,35-38H2,1-4H3,(H,72,81)(H,74,84)(H,76,85)(H,77,89)(H,78,82)(H3,71,73,88)/t51-,52?,61+,69-/m0/s1. The van der Waals surface area contributed by atoms with Crippen molar-refractivity contribution in [3.8, 4) is 23.2 Å². The molecule has 1 unspecified atom stereocenters. The number of nitrogens with two attached hydrogens (primary N) is 1. The van der Waals surface area contributed by atoms with Crippen LogP contribution in [0.25, 0.3) is 22.3 Å². The first-order valence-electron chi connectivity index (χ1n) is 31.4. The van der Waals surface area contributed by atoms with E-state index >= 15 is 4.39 Å². The Bertz CT molecular complexity index is 4090. The van der Waals surface area contributed by atoms with Gasteiger partial charge in [0, 0.05) is 71.7 Å². The SMILES string of the molecule is CC[C@@]1(O)C(=O)OCc2c1cc1n(c2=O)Cc2c-1nc1cc(F)c(C)c3c1c2[C@@H](NC(=O)OCc1ccc(NC(=O)C(CCCNC(N)=O)NC(=O)[C@H](NC(=O)CCOCCOCCNC(=O)CCC(=O)N2Cc4ccccc4C#Cc4ccccc42)C(C)C)cc1)CC3. The van der Waals surface area contributed by atoms with Gasteiger partial charge in [0.05, 0.1) is 73.7 Å². The number of anilines is 2. The Labute approximate surface area is 541 Å². The molecule has 9 N–H and O–H groups in total. The van der Waals surface area contributed by atoms with E-state index in [-0.39, 0.29) is 121 Å². The number of benzene rings is 4. The number of cyclic esters (lactones) is 1. The first-order chi connectivity index (χ1) is 45.2. The van der Waals surface area contributed by atoms with Gasteiger partial charge in [-0.3, -0.25) is 28.8 Å². The number of nitrogens with zero attached hydrogens (tertiary/aromatic N) is 3. The van der Waals surface area contributed by atoms with Gasteiger partial charge in [-0.25, -0.2) is 23.8 Å². The highest BCUT2D eigenvalue weighted by Crippen LogP contribution is 2.46. The third-order valence-electron chi connectivity index (χ3n) is 17.3. The van der Waals surface area contributed by atoms with Crippen LogP contribution in [0.1, 0.15) is 127 Å². The number of fused-ring (bicyclic) bond motifs is 7. The smallest absolute Gasteiger partial charge is 0.407 e. The van der Waals surface area contributed by atoms with Gasteiger partial charge in [0.2, 0.25) is 29.5 Å². The molecule has 25 heteroatoms. The van der Waals surface area contributed by atoms with Crippen molar-refractivity contribution in [3.05, 3.63) is 157 Å². The number of carbonyl (C=O) groups is 8. The molecule has 6 aromatic rings. The molecule has 4 aromatic carbocycles. The molecule has 4 aliphatic rings. The summed E-state index contributed by atoms with van der Waals surface area (Å²) in [4.78, 5) is 126. The molecule has 492 valence electrons. The van der Waals surface area contributed by atoms with Crippen molar-refractivity contribution < 1.29 is 66.8 Å². The normalized spacial score (nSPS) is 16.2. The minimum atomic E-state index is -2.05. The predicted molar refractivity (Wildman–Crippen MR) is 343 cm³/mol. The summed E-state index contributed by atoms with van der Waals surface area (Å²) in [6, 6.07) is 20.9. The van der Waals surface area contributed by atoms with Crippen molar-refractivity contribution in [2.24, 2.45) is 11.7 Å². The van der Waals surface area contributed by atoms with E-state index in [9.17, 15) is 48.3 Å². The monoisotopic (exact) mass is 1290 g/mol. The predicted octanol–water partition coefficient (Wildman–Crippen LogP) is 5.72. The summed E-state index contributed by atoms with van der Waals surface area (Å²) < 4.78 is 39.1. The van der Waals surface area contributed by atoms with E-state index in [4.69, 9.17) is 29.7 Å². The van der Waals surface area contributed by atoms with E-state index in [1.54, 1.807) is 62.9 Å². The number of nitrogens with one attached hydrogen (secondary N) is 6. The molecule has 8 amide bonds. The Hall–Kier alpha value is -10.0. The molecule has 1 aliphatic carbocycles. The number of rotatable bonds is 26. The summed E-state index contributed by atoms with van der Waals surface area (Å²) in [6.07, 6.45) is 0.178. The number of amides is 8. The number of primary amides is 1. The van der Waals surface area contributed by atoms with Crippen molar-refractivity contribution in [1.82, 2.24) is 36.1 Å². The second-order valence-electron chi connectivity index (χ2n) is 23.8. The van der Waals surface area contributed by atoms with Crippen LogP contribution in [0.15, 0.2) is 89.7 Å². The summed E-state index contributed by atoms with van der Waals surface area (Å²) in [6.45, 7) is 7.49. The van der Waals surface area contributed by atoms with Gasteiger partial charge < -0.3 is 71.2 Å². The van der Waals surface area contributed by atoms with E-state index in [1.807, 2.05) is 48.5 Å². The Morgan fingerprint density at radius 1 is 0.830 bits per heavy atom. The first kappa shape index (κ1) is 66.9. The lowest BCUT2D eigenvalue weighted by atomic mass is 9.81. The van der Waals surface area contributed by atoms with Crippen LogP contribution in [0.5, 0.6) is 0 Å². The van der Waals surface area contributed by atoms with Gasteiger partial charge in [-0.15, -0.1) is 0 Å². The van der Waals surface area contributed by atoms with Gasteiger partial charge in [0.15, 0.2) is 5.60 Å². The largest absolute Gasteiger partial charge is 0.458 e. The summed E-state index contributed by atoms with van der Waals surface area (Å²) in [5.74, 6) is 2.45. The lowest BCUT2D eigenvalue weighted by molar-refractivity contribution is -0.172. The molecule has 0 fully saturated rings. The van der Waals surface area contributed by atoms with E-state index in [0.717, 1.165) is 22.3 Å². The number of esters is 1. The molecule has 0 saturated heterocycles. The van der Waals surface area contributed by atoms with Crippen molar-refractivity contribution in [3.63, 3.8) is 0 Å². The number of pyridine rings is 2. The fraction of sp³-hybridized carbons (Fsp3) is 0.391. The minimum Gasteiger partial charge on any atom is -0.458 e. The summed E-state index contributed by atoms with van der Waals surface area (Å²) in [5.41, 5.74) is 10.6. The number of aryl methyl sites for hydroxylation is 1. The van der Waals surface area contributed by atoms with Crippen LogP contribution < -0.4 is 48.1 Å². The second-order valence-corrected chi connectivity index (χ2v) is 23.8. The number of hydrogen-bond donors (Lipinski definition) is 8. The van der Waals surface area contributed by atoms with Gasteiger partial charge in [0.25, 0.3) is 5.56 Å². The maximum Gasteiger partial charge on any atom is 0.407 e. The van der Waals surface area contributed by atoms with Gasteiger partial charge in [-0.1, -0.05) is 75.1 Å². The zero-order chi connectivity index (χ0) is 66.8. The molecule has 4 atom stereocenters. The van der Waals surface area contributed by atoms with Crippen molar-refractivity contribution in [1.29, 1.82) is 0 Å². The Balaban J connectivity index is 0.669. The maximum absolute atomic E-state index is 15.5. The lowest BCUT2D eigenvalue weighted by Gasteiger charge is -2.31. The molecule has 94 heavy (non-hydrogen) atoms. The average Bonchev–Trinajstić information content (AvgIpc) is 1.47. The number of halogens is 1. The third-order valence-corrected chi connectivity index (χ3v) is 17.3. The van der Waals surface area contributed by atoms with Crippen LogP contribution in [0.4, 0.5) is 25.4 Å². The third kappa shape index (κ3) is 15.0. The number of aromatic nitrogens is 2. The highest BCUT2D eigenvalue weighted by atomic mass is 19.1. The Morgan fingerprint density at radius 2 is 1.56 bits per heavy atom. The quantitative estimate of drug-likeness (QED) is 0.0183. The molecule has 2 aromatic heterocycles. The molecule has 0 bridgehead atoms. The molecule has 0 saturated carbocycles. The van der Waals surface area contributed by atoms with Crippen LogP contribution in [-0.2, 0) is 86.0 Å². The van der Waals surface area contributed by atoms with Gasteiger partial charge >= 0.3 is 18.1 Å². The molecule has 24 nitrogen and oxygen atoms in total. The molecule has 0 spiro atoms. The van der Waals surface area contributed by atoms with Crippen LogP contribution >= 0.6 is 0 Å². The Morgan fingerprint density at radius 3 is 2.32 bits per heavy atom. The number of urea groups is 1. The highest BCUT2D eigenvalue weighted by Gasteiger charge is 2.46. The summed E-state index contributed by atoms with van der Waals surface area (Å²) in [7, 11) is 0. The van der Waals surface area contributed by atoms with Crippen LogP contribution in [0.2, 0.25) is 0 Å². The number of para-hydroxylation sites is 1. The molecule has 10 rings (SSSR count). The second kappa shape index (κ2) is 29.7. The van der Waals surface area contributed by atoms with E-state index in [2.05, 4.69) is 43.7 Å². The maximum atomic E-state index is 15.5. The minimum absolute atomic E-state index is 0.00198. The molecular formula is C69H75FN10O14. The number of carbonyl (C=O) groups excluding carboxylic acids is 8. The van der Waals surface area contributed by atoms with Crippen molar-refractivity contribution in [2.75, 3.05) is 49.7 Å². The number of ether oxygens (including phenoxy) is 4. The number of hydrogen-bond acceptors (Lipinski definition) is 15. The first-order valence-corrected chi connectivity index (χ1v) is 31.4. The zero-order valence-electron chi connectivity index (χ0n) is 52.7. The van der Waals surface area contributed by atoms with Crippen LogP contribution in [0, 0.1) is 30.5 Å².